The predicted octanol–water partition coefficient (Wildman–Crippen LogP) is 5.53. The number of nitro groups is 1. The number of benzene rings is 3. The molecule has 0 bridgehead atoms. The molecule has 33 heavy (non-hydrogen) atoms. The molecular weight excluding hydrogens is 504 g/mol. The minimum absolute atomic E-state index is 0.0142. The monoisotopic (exact) mass is 520 g/mol. The molecule has 0 amide bonds. The van der Waals surface area contributed by atoms with E-state index in [-0.39, 0.29) is 5.69 Å². The van der Waals surface area contributed by atoms with Crippen LogP contribution in [0.25, 0.3) is 16.9 Å². The molecule has 1 heterocycles. The van der Waals surface area contributed by atoms with Gasteiger partial charge in [-0.1, -0.05) is 34.1 Å². The molecule has 2 N–H and O–H groups in total. The predicted molar refractivity (Wildman–Crippen MR) is 137 cm³/mol. The fourth-order valence-corrected chi connectivity index (χ4v) is 3.45. The van der Waals surface area contributed by atoms with E-state index in [1.165, 1.54) is 12.1 Å². The van der Waals surface area contributed by atoms with Gasteiger partial charge in [-0.2, -0.15) is 10.2 Å². The highest BCUT2D eigenvalue weighted by atomic mass is 79.9. The van der Waals surface area contributed by atoms with Gasteiger partial charge in [-0.25, -0.2) is 4.68 Å². The Kier molecular flexibility index (Phi) is 6.86. The highest BCUT2D eigenvalue weighted by molar-refractivity contribution is 9.10. The first-order valence-corrected chi connectivity index (χ1v) is 11.0. The topological polar surface area (TPSA) is 97.4 Å². The Labute approximate surface area is 203 Å². The van der Waals surface area contributed by atoms with Gasteiger partial charge >= 0.3 is 0 Å². The third-order valence-corrected chi connectivity index (χ3v) is 5.31. The molecule has 1 aromatic heterocycles. The van der Waals surface area contributed by atoms with Crippen LogP contribution in [0.5, 0.6) is 0 Å². The van der Waals surface area contributed by atoms with Crippen molar-refractivity contribution in [3.63, 3.8) is 0 Å². The maximum absolute atomic E-state index is 11.0. The molecule has 164 valence electrons. The lowest BCUT2D eigenvalue weighted by Crippen LogP contribution is -2.23. The van der Waals surface area contributed by atoms with E-state index in [9.17, 15) is 10.1 Å². The Morgan fingerprint density at radius 3 is 2.42 bits per heavy atom. The van der Waals surface area contributed by atoms with Crippen LogP contribution >= 0.6 is 28.1 Å². The minimum Gasteiger partial charge on any atom is -0.331 e. The van der Waals surface area contributed by atoms with Gasteiger partial charge in [0.2, 0.25) is 0 Å². The summed E-state index contributed by atoms with van der Waals surface area (Å²) >= 11 is 8.72. The number of nitro benzene ring substituents is 1. The number of non-ortho nitro benzene ring substituents is 1. The normalized spacial score (nSPS) is 10.8. The van der Waals surface area contributed by atoms with Gasteiger partial charge in [0, 0.05) is 39.6 Å². The lowest BCUT2D eigenvalue weighted by Gasteiger charge is -2.06. The second kappa shape index (κ2) is 10.2. The largest absolute Gasteiger partial charge is 0.331 e. The molecule has 10 heteroatoms. The van der Waals surface area contributed by atoms with Crippen LogP contribution in [0.15, 0.2) is 94.6 Å². The van der Waals surface area contributed by atoms with E-state index < -0.39 is 4.92 Å². The van der Waals surface area contributed by atoms with Crippen LogP contribution in [0.3, 0.4) is 0 Å². The van der Waals surface area contributed by atoms with Gasteiger partial charge in [-0.3, -0.25) is 15.5 Å². The summed E-state index contributed by atoms with van der Waals surface area (Å²) in [6.07, 6.45) is 3.44. The molecule has 0 spiro atoms. The molecule has 0 radical (unpaired) electrons. The SMILES string of the molecule is O=[N+]([O-])c1ccc(-c2nn(-c3ccc(Br)cc3)cc2/C=N/NC(=S)Nc2ccccc2)cc1. The molecule has 0 saturated carbocycles. The first-order valence-electron chi connectivity index (χ1n) is 9.75. The Morgan fingerprint density at radius 1 is 1.06 bits per heavy atom. The van der Waals surface area contributed by atoms with Crippen molar-refractivity contribution in [2.24, 2.45) is 5.10 Å². The smallest absolute Gasteiger partial charge is 0.269 e. The van der Waals surface area contributed by atoms with Crippen molar-refractivity contribution in [2.75, 3.05) is 5.32 Å². The summed E-state index contributed by atoms with van der Waals surface area (Å²) in [6, 6.07) is 23.4. The van der Waals surface area contributed by atoms with E-state index in [0.717, 1.165) is 21.4 Å². The van der Waals surface area contributed by atoms with E-state index in [2.05, 4.69) is 36.9 Å². The van der Waals surface area contributed by atoms with E-state index >= 15 is 0 Å². The quantitative estimate of drug-likeness (QED) is 0.150. The lowest BCUT2D eigenvalue weighted by molar-refractivity contribution is -0.384. The molecule has 4 rings (SSSR count). The number of hydrogen-bond donors (Lipinski definition) is 2. The maximum Gasteiger partial charge on any atom is 0.269 e. The molecule has 8 nitrogen and oxygen atoms in total. The van der Waals surface area contributed by atoms with Gasteiger partial charge in [-0.15, -0.1) is 0 Å². The summed E-state index contributed by atoms with van der Waals surface area (Å²) in [5.41, 5.74) is 6.57. The van der Waals surface area contributed by atoms with Crippen LogP contribution in [0.4, 0.5) is 11.4 Å². The van der Waals surface area contributed by atoms with Crippen molar-refractivity contribution in [1.29, 1.82) is 0 Å². The Bertz CT molecular complexity index is 1310. The summed E-state index contributed by atoms with van der Waals surface area (Å²) < 4.78 is 2.69. The van der Waals surface area contributed by atoms with Crippen molar-refractivity contribution in [2.45, 2.75) is 0 Å². The summed E-state index contributed by atoms with van der Waals surface area (Å²) in [7, 11) is 0. The summed E-state index contributed by atoms with van der Waals surface area (Å²) in [4.78, 5) is 10.6. The maximum atomic E-state index is 11.0. The minimum atomic E-state index is -0.433. The fourth-order valence-electron chi connectivity index (χ4n) is 3.01. The number of para-hydroxylation sites is 1. The van der Waals surface area contributed by atoms with Crippen molar-refractivity contribution < 1.29 is 4.92 Å². The van der Waals surface area contributed by atoms with Gasteiger partial charge in [0.25, 0.3) is 5.69 Å². The summed E-state index contributed by atoms with van der Waals surface area (Å²) in [6.45, 7) is 0. The zero-order valence-electron chi connectivity index (χ0n) is 17.1. The van der Waals surface area contributed by atoms with Crippen molar-refractivity contribution in [3.05, 3.63) is 105 Å². The standard InChI is InChI=1S/C23H17BrN6O2S/c24-18-8-12-20(13-9-18)29-15-17(14-25-27-23(33)26-19-4-2-1-3-5-19)22(28-29)16-6-10-21(11-7-16)30(31)32/h1-15H,(H2,26,27,33)/b25-14+. The average molecular weight is 521 g/mol. The Hall–Kier alpha value is -3.89. The van der Waals surface area contributed by atoms with Crippen molar-refractivity contribution in [3.8, 4) is 16.9 Å². The van der Waals surface area contributed by atoms with Crippen LogP contribution in [0.2, 0.25) is 0 Å². The number of hydrogen-bond acceptors (Lipinski definition) is 5. The molecule has 0 aliphatic rings. The van der Waals surface area contributed by atoms with E-state index in [1.807, 2.05) is 60.8 Å². The molecule has 0 aliphatic carbocycles. The lowest BCUT2D eigenvalue weighted by atomic mass is 10.1. The van der Waals surface area contributed by atoms with Crippen molar-refractivity contribution in [1.82, 2.24) is 15.2 Å². The first-order chi connectivity index (χ1) is 16.0. The van der Waals surface area contributed by atoms with Gasteiger partial charge < -0.3 is 5.32 Å². The molecule has 4 aromatic rings. The second-order valence-electron chi connectivity index (χ2n) is 6.85. The second-order valence-corrected chi connectivity index (χ2v) is 8.17. The van der Waals surface area contributed by atoms with Crippen LogP contribution in [-0.4, -0.2) is 26.0 Å². The molecular formula is C23H17BrN6O2S. The number of hydrazone groups is 1. The molecule has 0 saturated heterocycles. The highest BCUT2D eigenvalue weighted by Gasteiger charge is 2.13. The molecule has 0 aliphatic heterocycles. The number of nitrogens with one attached hydrogen (secondary N) is 2. The zero-order chi connectivity index (χ0) is 23.2. The molecule has 0 unspecified atom stereocenters. The van der Waals surface area contributed by atoms with Crippen LogP contribution in [-0.2, 0) is 0 Å². The number of thiocarbonyl (C=S) groups is 1. The third kappa shape index (κ3) is 5.68. The van der Waals surface area contributed by atoms with Gasteiger partial charge in [0.05, 0.1) is 16.8 Å². The number of anilines is 1. The van der Waals surface area contributed by atoms with E-state index in [4.69, 9.17) is 12.2 Å². The number of aromatic nitrogens is 2. The zero-order valence-corrected chi connectivity index (χ0v) is 19.5. The van der Waals surface area contributed by atoms with Gasteiger partial charge in [-0.05, 0) is 60.7 Å². The summed E-state index contributed by atoms with van der Waals surface area (Å²) in [5, 5.41) is 23.3. The van der Waals surface area contributed by atoms with Crippen LogP contribution in [0.1, 0.15) is 5.56 Å². The molecule has 3 aromatic carbocycles. The Morgan fingerprint density at radius 2 is 1.76 bits per heavy atom. The number of halogens is 1. The average Bonchev–Trinajstić information content (AvgIpc) is 3.24. The van der Waals surface area contributed by atoms with E-state index in [1.54, 1.807) is 23.0 Å². The third-order valence-electron chi connectivity index (χ3n) is 4.59. The highest BCUT2D eigenvalue weighted by Crippen LogP contribution is 2.25. The van der Waals surface area contributed by atoms with E-state index in [0.29, 0.717) is 16.4 Å². The van der Waals surface area contributed by atoms with Crippen LogP contribution < -0.4 is 10.7 Å². The van der Waals surface area contributed by atoms with Gasteiger partial charge in [0.1, 0.15) is 5.69 Å². The van der Waals surface area contributed by atoms with Crippen LogP contribution in [0, 0.1) is 10.1 Å². The van der Waals surface area contributed by atoms with Crippen molar-refractivity contribution >= 4 is 50.8 Å². The first kappa shape index (κ1) is 22.3. The molecule has 0 atom stereocenters. The van der Waals surface area contributed by atoms with Gasteiger partial charge in [0.15, 0.2) is 5.11 Å². The number of rotatable bonds is 6. The summed E-state index contributed by atoms with van der Waals surface area (Å²) in [5.74, 6) is 0. The fraction of sp³-hybridized carbons (Fsp3) is 0. The number of nitrogens with zero attached hydrogens (tertiary/aromatic N) is 4. The molecule has 0 fully saturated rings. The Balaban J connectivity index is 1.60.